The predicted octanol–water partition coefficient (Wildman–Crippen LogP) is 3.32. The summed E-state index contributed by atoms with van der Waals surface area (Å²) in [5, 5.41) is 10.8. The Labute approximate surface area is 133 Å². The molecule has 23 heavy (non-hydrogen) atoms. The highest BCUT2D eigenvalue weighted by Crippen LogP contribution is 2.28. The lowest BCUT2D eigenvalue weighted by molar-refractivity contribution is -0.384. The molecule has 1 aliphatic carbocycles. The molecule has 0 bridgehead atoms. The number of benzene rings is 2. The van der Waals surface area contributed by atoms with E-state index in [0.717, 1.165) is 11.1 Å². The van der Waals surface area contributed by atoms with Crippen LogP contribution >= 0.6 is 0 Å². The molecule has 1 aliphatic rings. The Morgan fingerprint density at radius 2 is 1.83 bits per heavy atom. The number of hydrogen-bond donors (Lipinski definition) is 1. The number of aryl methyl sites for hydroxylation is 1. The second kappa shape index (κ2) is 5.85. The van der Waals surface area contributed by atoms with E-state index in [9.17, 15) is 18.5 Å². The minimum atomic E-state index is -3.73. The molecule has 0 saturated carbocycles. The maximum absolute atomic E-state index is 12.5. The lowest BCUT2D eigenvalue weighted by Gasteiger charge is -2.17. The zero-order chi connectivity index (χ0) is 16.4. The van der Waals surface area contributed by atoms with E-state index >= 15 is 0 Å². The Kier molecular flexibility index (Phi) is 3.87. The molecule has 118 valence electrons. The lowest BCUT2D eigenvalue weighted by Crippen LogP contribution is -2.17. The summed E-state index contributed by atoms with van der Waals surface area (Å²) in [7, 11) is -3.73. The predicted molar refractivity (Wildman–Crippen MR) is 88.4 cm³/mol. The van der Waals surface area contributed by atoms with Crippen molar-refractivity contribution in [2.45, 2.75) is 12.8 Å². The molecule has 0 amide bonds. The molecule has 0 spiro atoms. The van der Waals surface area contributed by atoms with Gasteiger partial charge in [-0.1, -0.05) is 30.3 Å². The summed E-state index contributed by atoms with van der Waals surface area (Å²) in [5.74, 6) is 0. The molecule has 0 radical (unpaired) electrons. The van der Waals surface area contributed by atoms with Crippen molar-refractivity contribution in [2.24, 2.45) is 0 Å². The maximum Gasteiger partial charge on any atom is 0.271 e. The van der Waals surface area contributed by atoms with Crippen molar-refractivity contribution in [3.63, 3.8) is 0 Å². The zero-order valence-corrected chi connectivity index (χ0v) is 12.9. The van der Waals surface area contributed by atoms with Crippen molar-refractivity contribution in [3.8, 4) is 0 Å². The maximum atomic E-state index is 12.5. The summed E-state index contributed by atoms with van der Waals surface area (Å²) in [6, 6.07) is 13.1. The Morgan fingerprint density at radius 3 is 2.61 bits per heavy atom. The summed E-state index contributed by atoms with van der Waals surface area (Å²) < 4.78 is 27.4. The number of nitro groups is 1. The number of rotatable bonds is 4. The van der Waals surface area contributed by atoms with E-state index in [1.54, 1.807) is 6.08 Å². The molecule has 3 rings (SSSR count). The highest BCUT2D eigenvalue weighted by atomic mass is 32.2. The third-order valence-electron chi connectivity index (χ3n) is 3.67. The number of nitrogens with zero attached hydrogens (tertiary/aromatic N) is 1. The molecule has 0 saturated heterocycles. The van der Waals surface area contributed by atoms with Crippen LogP contribution in [0.3, 0.4) is 0 Å². The summed E-state index contributed by atoms with van der Waals surface area (Å²) in [5.41, 5.74) is 2.02. The van der Waals surface area contributed by atoms with E-state index in [1.165, 1.54) is 24.3 Å². The zero-order valence-electron chi connectivity index (χ0n) is 12.1. The van der Waals surface area contributed by atoms with Crippen molar-refractivity contribution < 1.29 is 13.3 Å². The molecule has 0 fully saturated rings. The highest BCUT2D eigenvalue weighted by molar-refractivity contribution is 7.96. The molecule has 2 aromatic rings. The van der Waals surface area contributed by atoms with Crippen molar-refractivity contribution in [3.05, 3.63) is 74.7 Å². The van der Waals surface area contributed by atoms with Crippen LogP contribution in [0, 0.1) is 10.1 Å². The third kappa shape index (κ3) is 3.24. The molecule has 0 heterocycles. The van der Waals surface area contributed by atoms with Gasteiger partial charge < -0.3 is 0 Å². The van der Waals surface area contributed by atoms with Gasteiger partial charge in [-0.05, 0) is 36.1 Å². The van der Waals surface area contributed by atoms with E-state index in [1.807, 2.05) is 24.3 Å². The second-order valence-electron chi connectivity index (χ2n) is 5.22. The van der Waals surface area contributed by atoms with Crippen molar-refractivity contribution in [2.75, 3.05) is 4.72 Å². The number of allylic oxidation sites excluding steroid dienone is 1. The van der Waals surface area contributed by atoms with Crippen LogP contribution in [0.5, 0.6) is 0 Å². The SMILES string of the molecule is O=[N+]([O-])c1cccc(NS(=O)(=O)C2=Cc3ccccc3CC2)c1. The molecule has 0 aromatic heterocycles. The van der Waals surface area contributed by atoms with Crippen LogP contribution < -0.4 is 4.72 Å². The van der Waals surface area contributed by atoms with E-state index in [2.05, 4.69) is 4.72 Å². The van der Waals surface area contributed by atoms with Gasteiger partial charge in [-0.3, -0.25) is 14.8 Å². The number of anilines is 1. The first-order valence-electron chi connectivity index (χ1n) is 7.01. The highest BCUT2D eigenvalue weighted by Gasteiger charge is 2.22. The third-order valence-corrected chi connectivity index (χ3v) is 5.18. The van der Waals surface area contributed by atoms with Crippen LogP contribution in [0.2, 0.25) is 0 Å². The van der Waals surface area contributed by atoms with Crippen molar-refractivity contribution in [1.82, 2.24) is 0 Å². The lowest BCUT2D eigenvalue weighted by atomic mass is 9.98. The fraction of sp³-hybridized carbons (Fsp3) is 0.125. The largest absolute Gasteiger partial charge is 0.280 e. The molecule has 6 nitrogen and oxygen atoms in total. The normalized spacial score (nSPS) is 13.8. The molecule has 0 aliphatic heterocycles. The topological polar surface area (TPSA) is 89.3 Å². The summed E-state index contributed by atoms with van der Waals surface area (Å²) >= 11 is 0. The van der Waals surface area contributed by atoms with Gasteiger partial charge in [-0.15, -0.1) is 0 Å². The van der Waals surface area contributed by atoms with Gasteiger partial charge in [0.1, 0.15) is 0 Å². The Balaban J connectivity index is 1.90. The summed E-state index contributed by atoms with van der Waals surface area (Å²) in [4.78, 5) is 10.5. The van der Waals surface area contributed by atoms with Crippen LogP contribution in [0.15, 0.2) is 53.4 Å². The first kappa shape index (κ1) is 15.2. The molecule has 1 N–H and O–H groups in total. The van der Waals surface area contributed by atoms with Crippen molar-refractivity contribution >= 4 is 27.5 Å². The van der Waals surface area contributed by atoms with Gasteiger partial charge in [0.2, 0.25) is 0 Å². The van der Waals surface area contributed by atoms with Crippen LogP contribution in [0.25, 0.3) is 6.08 Å². The molecule has 2 aromatic carbocycles. The first-order valence-corrected chi connectivity index (χ1v) is 8.50. The summed E-state index contributed by atoms with van der Waals surface area (Å²) in [6.45, 7) is 0. The fourth-order valence-corrected chi connectivity index (χ4v) is 3.74. The van der Waals surface area contributed by atoms with E-state index in [-0.39, 0.29) is 16.3 Å². The molecule has 0 atom stereocenters. The average Bonchev–Trinajstić information content (AvgIpc) is 2.54. The number of nitrogens with one attached hydrogen (secondary N) is 1. The Morgan fingerprint density at radius 1 is 1.04 bits per heavy atom. The fourth-order valence-electron chi connectivity index (χ4n) is 2.52. The van der Waals surface area contributed by atoms with Gasteiger partial charge in [0.05, 0.1) is 15.5 Å². The quantitative estimate of drug-likeness (QED) is 0.688. The molecule has 7 heteroatoms. The Bertz CT molecular complexity index is 904. The van der Waals surface area contributed by atoms with Crippen LogP contribution in [0.4, 0.5) is 11.4 Å². The standard InChI is InChI=1S/C16H14N2O4S/c19-18(20)15-7-3-6-14(11-15)17-23(21,22)16-9-8-12-4-1-2-5-13(12)10-16/h1-7,10-11,17H,8-9H2. The van der Waals surface area contributed by atoms with Crippen LogP contribution in [0.1, 0.15) is 17.5 Å². The smallest absolute Gasteiger partial charge is 0.271 e. The number of fused-ring (bicyclic) bond motifs is 1. The number of sulfonamides is 1. The number of hydrogen-bond acceptors (Lipinski definition) is 4. The van der Waals surface area contributed by atoms with Crippen molar-refractivity contribution in [1.29, 1.82) is 0 Å². The number of nitro benzene ring substituents is 1. The van der Waals surface area contributed by atoms with Gasteiger partial charge in [-0.25, -0.2) is 8.42 Å². The van der Waals surface area contributed by atoms with Gasteiger partial charge in [0.15, 0.2) is 0 Å². The number of non-ortho nitro benzene ring substituents is 1. The van der Waals surface area contributed by atoms with E-state index in [0.29, 0.717) is 12.8 Å². The second-order valence-corrected chi connectivity index (χ2v) is 6.96. The van der Waals surface area contributed by atoms with Gasteiger partial charge >= 0.3 is 0 Å². The Hall–Kier alpha value is -2.67. The van der Waals surface area contributed by atoms with Gasteiger partial charge in [0, 0.05) is 12.1 Å². The van der Waals surface area contributed by atoms with E-state index < -0.39 is 14.9 Å². The summed E-state index contributed by atoms with van der Waals surface area (Å²) in [6.07, 6.45) is 2.71. The van der Waals surface area contributed by atoms with Crippen LogP contribution in [-0.4, -0.2) is 13.3 Å². The molecular weight excluding hydrogens is 316 g/mol. The molecular formula is C16H14N2O4S. The first-order chi connectivity index (χ1) is 11.0. The van der Waals surface area contributed by atoms with Gasteiger partial charge in [0.25, 0.3) is 15.7 Å². The minimum Gasteiger partial charge on any atom is -0.280 e. The van der Waals surface area contributed by atoms with Crippen LogP contribution in [-0.2, 0) is 16.4 Å². The minimum absolute atomic E-state index is 0.159. The van der Waals surface area contributed by atoms with Gasteiger partial charge in [-0.2, -0.15) is 0 Å². The average molecular weight is 330 g/mol. The monoisotopic (exact) mass is 330 g/mol. The van der Waals surface area contributed by atoms with E-state index in [4.69, 9.17) is 0 Å². The molecule has 0 unspecified atom stereocenters.